The maximum Gasteiger partial charge on any atom is 0.259 e. The predicted octanol–water partition coefficient (Wildman–Crippen LogP) is 1.83. The van der Waals surface area contributed by atoms with Crippen LogP contribution in [0.2, 0.25) is 0 Å². The van der Waals surface area contributed by atoms with Gasteiger partial charge in [0.05, 0.1) is 6.61 Å². The van der Waals surface area contributed by atoms with Gasteiger partial charge in [0.2, 0.25) is 0 Å². The minimum atomic E-state index is -0.0438. The fourth-order valence-corrected chi connectivity index (χ4v) is 2.62. The van der Waals surface area contributed by atoms with E-state index in [1.54, 1.807) is 12.1 Å². The van der Waals surface area contributed by atoms with Crippen LogP contribution < -0.4 is 10.5 Å². The summed E-state index contributed by atoms with van der Waals surface area (Å²) < 4.78 is 5.56. The minimum absolute atomic E-state index is 0.0385. The van der Waals surface area contributed by atoms with Crippen LogP contribution in [-0.4, -0.2) is 54.5 Å². The Kier molecular flexibility index (Phi) is 4.42. The molecule has 1 amide bonds. The van der Waals surface area contributed by atoms with Crippen molar-refractivity contribution in [1.29, 1.82) is 0 Å². The summed E-state index contributed by atoms with van der Waals surface area (Å²) in [6, 6.07) is 5.36. The Bertz CT molecular complexity index is 528. The SMILES string of the molecule is CCOc1cccc(N)c1C(=O)N1CCN(C)C(C)(C)C1. The molecule has 1 aliphatic rings. The maximum atomic E-state index is 12.9. The molecule has 5 heteroatoms. The molecule has 2 rings (SSSR count). The van der Waals surface area contributed by atoms with Crippen molar-refractivity contribution in [2.45, 2.75) is 26.3 Å². The molecule has 1 fully saturated rings. The molecule has 0 bridgehead atoms. The minimum Gasteiger partial charge on any atom is -0.493 e. The third kappa shape index (κ3) is 3.13. The number of benzene rings is 1. The van der Waals surface area contributed by atoms with Crippen LogP contribution in [0.4, 0.5) is 5.69 Å². The lowest BCUT2D eigenvalue weighted by Crippen LogP contribution is -2.58. The Morgan fingerprint density at radius 1 is 1.38 bits per heavy atom. The van der Waals surface area contributed by atoms with E-state index in [-0.39, 0.29) is 11.4 Å². The average molecular weight is 291 g/mol. The molecule has 116 valence electrons. The molecule has 0 radical (unpaired) electrons. The molecule has 1 saturated heterocycles. The molecule has 21 heavy (non-hydrogen) atoms. The van der Waals surface area contributed by atoms with Gasteiger partial charge in [-0.1, -0.05) is 6.07 Å². The number of amides is 1. The van der Waals surface area contributed by atoms with Crippen molar-refractivity contribution in [1.82, 2.24) is 9.80 Å². The van der Waals surface area contributed by atoms with Gasteiger partial charge in [-0.3, -0.25) is 9.69 Å². The van der Waals surface area contributed by atoms with Crippen molar-refractivity contribution in [2.75, 3.05) is 39.0 Å². The molecule has 1 heterocycles. The van der Waals surface area contributed by atoms with E-state index in [4.69, 9.17) is 10.5 Å². The number of likely N-dealkylation sites (N-methyl/N-ethyl adjacent to an activating group) is 1. The number of anilines is 1. The van der Waals surface area contributed by atoms with E-state index in [0.717, 1.165) is 6.54 Å². The van der Waals surface area contributed by atoms with Crippen LogP contribution in [0.25, 0.3) is 0 Å². The molecule has 0 aliphatic carbocycles. The molecular weight excluding hydrogens is 266 g/mol. The van der Waals surface area contributed by atoms with E-state index in [9.17, 15) is 4.79 Å². The van der Waals surface area contributed by atoms with E-state index < -0.39 is 0 Å². The van der Waals surface area contributed by atoms with Gasteiger partial charge in [-0.2, -0.15) is 0 Å². The van der Waals surface area contributed by atoms with Gasteiger partial charge in [0.1, 0.15) is 11.3 Å². The summed E-state index contributed by atoms with van der Waals surface area (Å²) in [6.07, 6.45) is 0. The maximum absolute atomic E-state index is 12.9. The zero-order valence-electron chi connectivity index (χ0n) is 13.3. The molecule has 0 unspecified atom stereocenters. The zero-order chi connectivity index (χ0) is 15.6. The van der Waals surface area contributed by atoms with Gasteiger partial charge < -0.3 is 15.4 Å². The highest BCUT2D eigenvalue weighted by atomic mass is 16.5. The first-order valence-corrected chi connectivity index (χ1v) is 7.38. The summed E-state index contributed by atoms with van der Waals surface area (Å²) in [7, 11) is 2.09. The van der Waals surface area contributed by atoms with Crippen molar-refractivity contribution < 1.29 is 9.53 Å². The molecule has 2 N–H and O–H groups in total. The van der Waals surface area contributed by atoms with Crippen LogP contribution in [0.5, 0.6) is 5.75 Å². The van der Waals surface area contributed by atoms with E-state index >= 15 is 0 Å². The van der Waals surface area contributed by atoms with E-state index in [2.05, 4.69) is 25.8 Å². The first-order chi connectivity index (χ1) is 9.86. The van der Waals surface area contributed by atoms with Crippen molar-refractivity contribution in [2.24, 2.45) is 0 Å². The zero-order valence-corrected chi connectivity index (χ0v) is 13.3. The molecule has 0 saturated carbocycles. The lowest BCUT2D eigenvalue weighted by molar-refractivity contribution is 0.0309. The van der Waals surface area contributed by atoms with Crippen LogP contribution >= 0.6 is 0 Å². The molecule has 0 spiro atoms. The van der Waals surface area contributed by atoms with Gasteiger partial charge in [-0.25, -0.2) is 0 Å². The number of carbonyl (C=O) groups is 1. The van der Waals surface area contributed by atoms with Gasteiger partial charge >= 0.3 is 0 Å². The summed E-state index contributed by atoms with van der Waals surface area (Å²) in [6.45, 7) is 8.94. The first kappa shape index (κ1) is 15.6. The fourth-order valence-electron chi connectivity index (χ4n) is 2.62. The van der Waals surface area contributed by atoms with Gasteiger partial charge in [-0.05, 0) is 40.0 Å². The van der Waals surface area contributed by atoms with Crippen LogP contribution in [0.3, 0.4) is 0 Å². The van der Waals surface area contributed by atoms with E-state index in [0.29, 0.717) is 36.7 Å². The van der Waals surface area contributed by atoms with Gasteiger partial charge in [0.15, 0.2) is 0 Å². The average Bonchev–Trinajstić information content (AvgIpc) is 2.42. The summed E-state index contributed by atoms with van der Waals surface area (Å²) in [5.41, 5.74) is 6.94. The summed E-state index contributed by atoms with van der Waals surface area (Å²) in [5.74, 6) is 0.525. The van der Waals surface area contributed by atoms with Gasteiger partial charge in [0.25, 0.3) is 5.91 Å². The Morgan fingerprint density at radius 2 is 2.10 bits per heavy atom. The Labute approximate surface area is 126 Å². The van der Waals surface area contributed by atoms with Crippen molar-refractivity contribution in [3.63, 3.8) is 0 Å². The molecule has 5 nitrogen and oxygen atoms in total. The second-order valence-corrected chi connectivity index (χ2v) is 6.11. The Hall–Kier alpha value is -1.75. The van der Waals surface area contributed by atoms with Crippen molar-refractivity contribution in [3.05, 3.63) is 23.8 Å². The topological polar surface area (TPSA) is 58.8 Å². The first-order valence-electron chi connectivity index (χ1n) is 7.38. The molecule has 1 aliphatic heterocycles. The lowest BCUT2D eigenvalue weighted by atomic mass is 9.98. The lowest BCUT2D eigenvalue weighted by Gasteiger charge is -2.45. The largest absolute Gasteiger partial charge is 0.493 e. The van der Waals surface area contributed by atoms with Crippen molar-refractivity contribution in [3.8, 4) is 5.75 Å². The van der Waals surface area contributed by atoms with Crippen LogP contribution in [0, 0.1) is 0 Å². The van der Waals surface area contributed by atoms with E-state index in [1.807, 2.05) is 17.9 Å². The molecule has 0 atom stereocenters. The predicted molar refractivity (Wildman–Crippen MR) is 84.6 cm³/mol. The smallest absolute Gasteiger partial charge is 0.259 e. The number of piperazine rings is 1. The molecule has 0 aromatic heterocycles. The summed E-state index contributed by atoms with van der Waals surface area (Å²) in [4.78, 5) is 17.0. The quantitative estimate of drug-likeness (QED) is 0.863. The number of nitrogens with zero attached hydrogens (tertiary/aromatic N) is 2. The number of nitrogens with two attached hydrogens (primary N) is 1. The number of rotatable bonds is 3. The van der Waals surface area contributed by atoms with Crippen LogP contribution in [-0.2, 0) is 0 Å². The summed E-state index contributed by atoms with van der Waals surface area (Å²) in [5, 5.41) is 0. The van der Waals surface area contributed by atoms with Gasteiger partial charge in [0, 0.05) is 30.9 Å². The van der Waals surface area contributed by atoms with E-state index in [1.165, 1.54) is 0 Å². The Morgan fingerprint density at radius 3 is 2.71 bits per heavy atom. The molecule has 1 aromatic carbocycles. The van der Waals surface area contributed by atoms with Crippen LogP contribution in [0.15, 0.2) is 18.2 Å². The monoisotopic (exact) mass is 291 g/mol. The standard InChI is InChI=1S/C16H25N3O2/c1-5-21-13-8-6-7-12(17)14(13)15(20)19-10-9-18(4)16(2,3)11-19/h6-8H,5,9-11,17H2,1-4H3. The van der Waals surface area contributed by atoms with Crippen molar-refractivity contribution >= 4 is 11.6 Å². The van der Waals surface area contributed by atoms with Gasteiger partial charge in [-0.15, -0.1) is 0 Å². The second-order valence-electron chi connectivity index (χ2n) is 6.11. The Balaban J connectivity index is 2.28. The number of hydrogen-bond donors (Lipinski definition) is 1. The third-order valence-corrected chi connectivity index (χ3v) is 4.18. The highest BCUT2D eigenvalue weighted by Gasteiger charge is 2.34. The number of nitrogen functional groups attached to an aromatic ring is 1. The second kappa shape index (κ2) is 5.93. The highest BCUT2D eigenvalue weighted by molar-refractivity contribution is 6.02. The fraction of sp³-hybridized carbons (Fsp3) is 0.562. The third-order valence-electron chi connectivity index (χ3n) is 4.18. The summed E-state index contributed by atoms with van der Waals surface area (Å²) >= 11 is 0. The number of hydrogen-bond acceptors (Lipinski definition) is 4. The van der Waals surface area contributed by atoms with Crippen LogP contribution in [0.1, 0.15) is 31.1 Å². The molecule has 1 aromatic rings. The molecular formula is C16H25N3O2. The number of carbonyl (C=O) groups excluding carboxylic acids is 1. The number of ether oxygens (including phenoxy) is 1. The normalized spacial score (nSPS) is 18.6. The highest BCUT2D eigenvalue weighted by Crippen LogP contribution is 2.28.